The first kappa shape index (κ1) is 25.0. The fourth-order valence-corrected chi connectivity index (χ4v) is 5.18. The molecule has 1 aliphatic heterocycles. The Morgan fingerprint density at radius 1 is 0.943 bits per heavy atom. The zero-order valence-corrected chi connectivity index (χ0v) is 21.0. The van der Waals surface area contributed by atoms with Gasteiger partial charge in [0.2, 0.25) is 11.8 Å². The van der Waals surface area contributed by atoms with E-state index in [9.17, 15) is 14.0 Å². The molecular formula is C26H30FN5O2S. The summed E-state index contributed by atoms with van der Waals surface area (Å²) in [6, 6.07) is 10.1. The molecule has 9 heteroatoms. The SMILES string of the molecule is Cc1cc(C)c(-c2csc(NC(=O)CN3CCN(CC(=O)Nc4cccc(F)c4)CC3)n2)c(C)c1. The molecule has 3 aromatic rings. The minimum Gasteiger partial charge on any atom is -0.325 e. The molecule has 1 aliphatic rings. The van der Waals surface area contributed by atoms with E-state index < -0.39 is 0 Å². The third-order valence-corrected chi connectivity index (χ3v) is 6.75. The maximum absolute atomic E-state index is 13.3. The van der Waals surface area contributed by atoms with Crippen molar-refractivity contribution in [2.24, 2.45) is 0 Å². The van der Waals surface area contributed by atoms with E-state index in [2.05, 4.69) is 53.4 Å². The Hall–Kier alpha value is -3.14. The number of halogens is 1. The molecule has 0 spiro atoms. The van der Waals surface area contributed by atoms with E-state index in [-0.39, 0.29) is 30.7 Å². The van der Waals surface area contributed by atoms with Gasteiger partial charge >= 0.3 is 0 Å². The smallest absolute Gasteiger partial charge is 0.240 e. The number of nitrogens with zero attached hydrogens (tertiary/aromatic N) is 3. The number of hydrogen-bond acceptors (Lipinski definition) is 6. The van der Waals surface area contributed by atoms with Crippen molar-refractivity contribution < 1.29 is 14.0 Å². The van der Waals surface area contributed by atoms with Gasteiger partial charge in [-0.25, -0.2) is 9.37 Å². The number of aromatic nitrogens is 1. The Kier molecular flexibility index (Phi) is 7.90. The number of nitrogens with one attached hydrogen (secondary N) is 2. The molecule has 0 unspecified atom stereocenters. The molecule has 0 saturated carbocycles. The summed E-state index contributed by atoms with van der Waals surface area (Å²) < 4.78 is 13.3. The van der Waals surface area contributed by atoms with Crippen LogP contribution in [0.15, 0.2) is 41.8 Å². The average Bonchev–Trinajstić information content (AvgIpc) is 3.22. The highest BCUT2D eigenvalue weighted by Gasteiger charge is 2.21. The van der Waals surface area contributed by atoms with E-state index in [1.54, 1.807) is 12.1 Å². The summed E-state index contributed by atoms with van der Waals surface area (Å²) in [5.41, 5.74) is 6.01. The molecule has 2 N–H and O–H groups in total. The van der Waals surface area contributed by atoms with Crippen LogP contribution in [0.4, 0.5) is 15.2 Å². The number of benzene rings is 2. The lowest BCUT2D eigenvalue weighted by molar-refractivity contribution is -0.120. The molecule has 0 aliphatic carbocycles. The molecule has 184 valence electrons. The number of rotatable bonds is 7. The fourth-order valence-electron chi connectivity index (χ4n) is 4.47. The molecule has 2 heterocycles. The highest BCUT2D eigenvalue weighted by atomic mass is 32.1. The average molecular weight is 496 g/mol. The standard InChI is InChI=1S/C26H30FN5O2S/c1-17-11-18(2)25(19(3)12-17)22-16-35-26(29-22)30-24(34)15-32-9-7-31(8-10-32)14-23(33)28-21-6-4-5-20(27)13-21/h4-6,11-13,16H,7-10,14-15H2,1-3H3,(H,28,33)(H,29,30,34). The van der Waals surface area contributed by atoms with E-state index in [0.29, 0.717) is 37.0 Å². The Bertz CT molecular complexity index is 1200. The second-order valence-electron chi connectivity index (χ2n) is 8.97. The number of amides is 2. The van der Waals surface area contributed by atoms with Crippen molar-refractivity contribution in [1.29, 1.82) is 0 Å². The lowest BCUT2D eigenvalue weighted by Gasteiger charge is -2.33. The van der Waals surface area contributed by atoms with Crippen LogP contribution in [-0.2, 0) is 9.59 Å². The van der Waals surface area contributed by atoms with Crippen LogP contribution < -0.4 is 10.6 Å². The van der Waals surface area contributed by atoms with Crippen molar-refractivity contribution >= 4 is 34.0 Å². The van der Waals surface area contributed by atoms with Crippen molar-refractivity contribution in [3.63, 3.8) is 0 Å². The highest BCUT2D eigenvalue weighted by Crippen LogP contribution is 2.31. The van der Waals surface area contributed by atoms with Crippen LogP contribution in [0.5, 0.6) is 0 Å². The summed E-state index contributed by atoms with van der Waals surface area (Å²) in [6.45, 7) is 9.48. The van der Waals surface area contributed by atoms with Crippen LogP contribution in [0.1, 0.15) is 16.7 Å². The maximum Gasteiger partial charge on any atom is 0.240 e. The number of carbonyl (C=O) groups excluding carboxylic acids is 2. The Morgan fingerprint density at radius 3 is 2.14 bits per heavy atom. The van der Waals surface area contributed by atoms with Gasteiger partial charge in [-0.05, 0) is 50.1 Å². The zero-order valence-electron chi connectivity index (χ0n) is 20.2. The van der Waals surface area contributed by atoms with Crippen molar-refractivity contribution in [2.45, 2.75) is 20.8 Å². The predicted octanol–water partition coefficient (Wildman–Crippen LogP) is 4.07. The highest BCUT2D eigenvalue weighted by molar-refractivity contribution is 7.14. The second kappa shape index (κ2) is 11.1. The van der Waals surface area contributed by atoms with Gasteiger partial charge in [0.15, 0.2) is 5.13 Å². The van der Waals surface area contributed by atoms with Crippen LogP contribution in [0.2, 0.25) is 0 Å². The first-order chi connectivity index (χ1) is 16.8. The van der Waals surface area contributed by atoms with Gasteiger partial charge in [0.1, 0.15) is 5.82 Å². The van der Waals surface area contributed by atoms with Gasteiger partial charge in [-0.15, -0.1) is 11.3 Å². The second-order valence-corrected chi connectivity index (χ2v) is 9.83. The van der Waals surface area contributed by atoms with E-state index in [1.165, 1.54) is 40.2 Å². The Balaban J connectivity index is 1.23. The topological polar surface area (TPSA) is 77.6 Å². The summed E-state index contributed by atoms with van der Waals surface area (Å²) in [5.74, 6) is -0.662. The van der Waals surface area contributed by atoms with E-state index in [1.807, 2.05) is 10.3 Å². The van der Waals surface area contributed by atoms with Crippen LogP contribution in [0, 0.1) is 26.6 Å². The van der Waals surface area contributed by atoms with Gasteiger partial charge in [-0.2, -0.15) is 0 Å². The lowest BCUT2D eigenvalue weighted by Crippen LogP contribution is -2.50. The molecule has 0 radical (unpaired) electrons. The van der Waals surface area contributed by atoms with Gasteiger partial charge < -0.3 is 10.6 Å². The third kappa shape index (κ3) is 6.72. The van der Waals surface area contributed by atoms with Gasteiger partial charge in [0.25, 0.3) is 0 Å². The number of carbonyl (C=O) groups is 2. The fraction of sp³-hybridized carbons (Fsp3) is 0.346. The lowest BCUT2D eigenvalue weighted by atomic mass is 9.98. The van der Waals surface area contributed by atoms with Crippen molar-refractivity contribution in [3.05, 3.63) is 64.3 Å². The normalized spacial score (nSPS) is 14.6. The molecule has 4 rings (SSSR count). The molecule has 2 amide bonds. The molecular weight excluding hydrogens is 465 g/mol. The van der Waals surface area contributed by atoms with Gasteiger partial charge in [-0.1, -0.05) is 23.8 Å². The summed E-state index contributed by atoms with van der Waals surface area (Å²) in [4.78, 5) is 33.6. The van der Waals surface area contributed by atoms with Gasteiger partial charge in [-0.3, -0.25) is 19.4 Å². The van der Waals surface area contributed by atoms with Gasteiger partial charge in [0, 0.05) is 42.8 Å². The third-order valence-electron chi connectivity index (χ3n) is 5.99. The number of aryl methyl sites for hydroxylation is 3. The molecule has 1 aromatic heterocycles. The summed E-state index contributed by atoms with van der Waals surface area (Å²) in [6.07, 6.45) is 0. The molecule has 2 aromatic carbocycles. The minimum absolute atomic E-state index is 0.0967. The first-order valence-electron chi connectivity index (χ1n) is 11.6. The van der Waals surface area contributed by atoms with Crippen LogP contribution in [-0.4, -0.2) is 65.9 Å². The summed E-state index contributed by atoms with van der Waals surface area (Å²) >= 11 is 1.43. The molecule has 0 bridgehead atoms. The van der Waals surface area contributed by atoms with E-state index in [4.69, 9.17) is 0 Å². The van der Waals surface area contributed by atoms with Crippen molar-refractivity contribution in [3.8, 4) is 11.3 Å². The quantitative estimate of drug-likeness (QED) is 0.517. The van der Waals surface area contributed by atoms with Crippen molar-refractivity contribution in [2.75, 3.05) is 49.9 Å². The molecule has 1 fully saturated rings. The van der Waals surface area contributed by atoms with Crippen molar-refractivity contribution in [1.82, 2.24) is 14.8 Å². The number of piperazine rings is 1. The first-order valence-corrected chi connectivity index (χ1v) is 12.5. The predicted molar refractivity (Wildman–Crippen MR) is 138 cm³/mol. The Morgan fingerprint density at radius 2 is 1.54 bits per heavy atom. The maximum atomic E-state index is 13.3. The molecule has 1 saturated heterocycles. The van der Waals surface area contributed by atoms with Crippen LogP contribution >= 0.6 is 11.3 Å². The number of hydrogen-bond donors (Lipinski definition) is 2. The van der Waals surface area contributed by atoms with Gasteiger partial charge in [0.05, 0.1) is 18.8 Å². The molecule has 7 nitrogen and oxygen atoms in total. The van der Waals surface area contributed by atoms with Crippen LogP contribution in [0.25, 0.3) is 11.3 Å². The van der Waals surface area contributed by atoms with E-state index >= 15 is 0 Å². The zero-order chi connectivity index (χ0) is 24.9. The minimum atomic E-state index is -0.385. The Labute approximate surface area is 209 Å². The van der Waals surface area contributed by atoms with Crippen LogP contribution in [0.3, 0.4) is 0 Å². The molecule has 0 atom stereocenters. The largest absolute Gasteiger partial charge is 0.325 e. The summed E-state index contributed by atoms with van der Waals surface area (Å²) in [7, 11) is 0. The van der Waals surface area contributed by atoms with E-state index in [0.717, 1.165) is 11.3 Å². The molecule has 35 heavy (non-hydrogen) atoms. The number of thiazole rings is 1. The monoisotopic (exact) mass is 495 g/mol. The summed E-state index contributed by atoms with van der Waals surface area (Å²) in [5, 5.41) is 8.22. The number of anilines is 2.